The van der Waals surface area contributed by atoms with E-state index in [0.717, 1.165) is 71.6 Å². The first kappa shape index (κ1) is 19.7. The summed E-state index contributed by atoms with van der Waals surface area (Å²) in [5.74, 6) is 0.384. The Morgan fingerprint density at radius 1 is 1.04 bits per heavy atom. The molecule has 28 heavy (non-hydrogen) atoms. The van der Waals surface area contributed by atoms with Gasteiger partial charge in [0, 0.05) is 63.5 Å². The van der Waals surface area contributed by atoms with Gasteiger partial charge in [0.05, 0.1) is 5.60 Å². The predicted octanol–water partition coefficient (Wildman–Crippen LogP) is 3.00. The number of anilines is 1. The number of para-hydroxylation sites is 1. The second kappa shape index (κ2) is 8.42. The van der Waals surface area contributed by atoms with Crippen LogP contribution in [0.5, 0.6) is 0 Å². The molecule has 1 aromatic rings. The Hall–Kier alpha value is -1.59. The smallest absolute Gasteiger partial charge is 0.225 e. The zero-order chi connectivity index (χ0) is 19.6. The molecule has 0 saturated carbocycles. The van der Waals surface area contributed by atoms with Gasteiger partial charge in [-0.3, -0.25) is 9.69 Å². The molecule has 5 nitrogen and oxygen atoms in total. The molecule has 0 aromatic heterocycles. The number of hydrogen-bond acceptors (Lipinski definition) is 4. The molecule has 3 aliphatic rings. The number of carbonyl (C=O) groups excluding carboxylic acids is 1. The van der Waals surface area contributed by atoms with Gasteiger partial charge in [0.25, 0.3) is 0 Å². The molecule has 4 rings (SSSR count). The number of amides is 1. The second-order valence-corrected chi connectivity index (χ2v) is 9.02. The first-order valence-electron chi connectivity index (χ1n) is 11.0. The van der Waals surface area contributed by atoms with E-state index in [9.17, 15) is 4.79 Å². The Morgan fingerprint density at radius 2 is 1.71 bits per heavy atom. The fraction of sp³-hybridized carbons (Fsp3) is 0.696. The Labute approximate surface area is 169 Å². The molecule has 1 spiro atoms. The fourth-order valence-electron chi connectivity index (χ4n) is 5.15. The SMILES string of the molecule is CC(C)C(=O)N1CCC2(CC1)CC(N1CCN(c3ccccc3)CC1)CCO2. The summed E-state index contributed by atoms with van der Waals surface area (Å²) in [4.78, 5) is 19.5. The van der Waals surface area contributed by atoms with Crippen LogP contribution in [0, 0.1) is 5.92 Å². The van der Waals surface area contributed by atoms with Crippen molar-refractivity contribution in [2.75, 3.05) is 50.8 Å². The van der Waals surface area contributed by atoms with Crippen molar-refractivity contribution in [3.05, 3.63) is 30.3 Å². The highest BCUT2D eigenvalue weighted by atomic mass is 16.5. The minimum atomic E-state index is -0.00671. The minimum Gasteiger partial charge on any atom is -0.375 e. The maximum Gasteiger partial charge on any atom is 0.225 e. The Bertz CT molecular complexity index is 647. The lowest BCUT2D eigenvalue weighted by Crippen LogP contribution is -2.57. The maximum atomic E-state index is 12.3. The largest absolute Gasteiger partial charge is 0.375 e. The van der Waals surface area contributed by atoms with Crippen molar-refractivity contribution in [2.45, 2.75) is 51.2 Å². The van der Waals surface area contributed by atoms with Gasteiger partial charge < -0.3 is 14.5 Å². The molecule has 0 bridgehead atoms. The summed E-state index contributed by atoms with van der Waals surface area (Å²) in [5.41, 5.74) is 1.33. The Morgan fingerprint density at radius 3 is 2.36 bits per heavy atom. The first-order valence-corrected chi connectivity index (χ1v) is 11.0. The summed E-state index contributed by atoms with van der Waals surface area (Å²) in [7, 11) is 0. The Kier molecular flexibility index (Phi) is 5.93. The number of hydrogen-bond donors (Lipinski definition) is 0. The van der Waals surface area contributed by atoms with Crippen molar-refractivity contribution in [3.8, 4) is 0 Å². The molecule has 3 saturated heterocycles. The molecule has 0 N–H and O–H groups in total. The lowest BCUT2D eigenvalue weighted by molar-refractivity contribution is -0.151. The molecular weight excluding hydrogens is 350 g/mol. The zero-order valence-corrected chi connectivity index (χ0v) is 17.5. The van der Waals surface area contributed by atoms with Crippen LogP contribution in [-0.4, -0.2) is 73.2 Å². The van der Waals surface area contributed by atoms with E-state index in [-0.39, 0.29) is 11.5 Å². The van der Waals surface area contributed by atoms with Crippen LogP contribution < -0.4 is 4.90 Å². The van der Waals surface area contributed by atoms with Gasteiger partial charge in [-0.25, -0.2) is 0 Å². The van der Waals surface area contributed by atoms with Gasteiger partial charge in [0.15, 0.2) is 0 Å². The van der Waals surface area contributed by atoms with Gasteiger partial charge in [-0.05, 0) is 37.8 Å². The van der Waals surface area contributed by atoms with E-state index in [1.54, 1.807) is 0 Å². The van der Waals surface area contributed by atoms with Crippen LogP contribution in [0.25, 0.3) is 0 Å². The van der Waals surface area contributed by atoms with Gasteiger partial charge in [-0.15, -0.1) is 0 Å². The summed E-state index contributed by atoms with van der Waals surface area (Å²) < 4.78 is 6.33. The average molecular weight is 386 g/mol. The van der Waals surface area contributed by atoms with Crippen molar-refractivity contribution in [2.24, 2.45) is 5.92 Å². The summed E-state index contributed by atoms with van der Waals surface area (Å²) in [6.07, 6.45) is 4.25. The van der Waals surface area contributed by atoms with Gasteiger partial charge in [0.2, 0.25) is 5.91 Å². The number of ether oxygens (including phenoxy) is 1. The van der Waals surface area contributed by atoms with Gasteiger partial charge in [0.1, 0.15) is 0 Å². The molecule has 3 aliphatic heterocycles. The van der Waals surface area contributed by atoms with Gasteiger partial charge >= 0.3 is 0 Å². The number of piperazine rings is 1. The molecule has 5 heteroatoms. The number of piperidine rings is 1. The normalized spacial score (nSPS) is 26.0. The van der Waals surface area contributed by atoms with E-state index in [4.69, 9.17) is 4.74 Å². The van der Waals surface area contributed by atoms with Crippen molar-refractivity contribution in [3.63, 3.8) is 0 Å². The zero-order valence-electron chi connectivity index (χ0n) is 17.5. The molecule has 1 unspecified atom stereocenters. The van der Waals surface area contributed by atoms with Crippen LogP contribution in [-0.2, 0) is 9.53 Å². The van der Waals surface area contributed by atoms with Crippen LogP contribution in [0.4, 0.5) is 5.69 Å². The molecule has 0 radical (unpaired) electrons. The van der Waals surface area contributed by atoms with Crippen LogP contribution in [0.15, 0.2) is 30.3 Å². The summed E-state index contributed by atoms with van der Waals surface area (Å²) in [5, 5.41) is 0. The number of nitrogens with zero attached hydrogens (tertiary/aromatic N) is 3. The lowest BCUT2D eigenvalue weighted by atomic mass is 9.81. The number of carbonyl (C=O) groups is 1. The summed E-state index contributed by atoms with van der Waals surface area (Å²) in [6, 6.07) is 11.4. The topological polar surface area (TPSA) is 36.0 Å². The third-order valence-electron chi connectivity index (χ3n) is 6.90. The van der Waals surface area contributed by atoms with E-state index < -0.39 is 0 Å². The van der Waals surface area contributed by atoms with Gasteiger partial charge in [-0.2, -0.15) is 0 Å². The molecule has 0 aliphatic carbocycles. The second-order valence-electron chi connectivity index (χ2n) is 9.02. The highest BCUT2D eigenvalue weighted by Gasteiger charge is 2.43. The monoisotopic (exact) mass is 385 g/mol. The van der Waals surface area contributed by atoms with Gasteiger partial charge in [-0.1, -0.05) is 32.0 Å². The third kappa shape index (κ3) is 4.20. The minimum absolute atomic E-state index is 0.00671. The van der Waals surface area contributed by atoms with E-state index in [1.165, 1.54) is 5.69 Å². The number of likely N-dealkylation sites (tertiary alicyclic amines) is 1. The van der Waals surface area contributed by atoms with Crippen LogP contribution in [0.1, 0.15) is 39.5 Å². The number of benzene rings is 1. The van der Waals surface area contributed by atoms with Crippen molar-refractivity contribution >= 4 is 11.6 Å². The molecule has 1 aromatic carbocycles. The molecular formula is C23H35N3O2. The van der Waals surface area contributed by atoms with E-state index in [2.05, 4.69) is 40.1 Å². The quantitative estimate of drug-likeness (QED) is 0.801. The fourth-order valence-corrected chi connectivity index (χ4v) is 5.15. The Balaban J connectivity index is 1.31. The molecule has 154 valence electrons. The van der Waals surface area contributed by atoms with E-state index in [0.29, 0.717) is 11.9 Å². The molecule has 1 atom stereocenters. The van der Waals surface area contributed by atoms with Crippen molar-refractivity contribution in [1.29, 1.82) is 0 Å². The van der Waals surface area contributed by atoms with E-state index >= 15 is 0 Å². The average Bonchev–Trinajstić information content (AvgIpc) is 2.75. The molecule has 3 fully saturated rings. The summed E-state index contributed by atoms with van der Waals surface area (Å²) in [6.45, 7) is 11.0. The van der Waals surface area contributed by atoms with E-state index in [1.807, 2.05) is 18.7 Å². The molecule has 1 amide bonds. The van der Waals surface area contributed by atoms with Crippen LogP contribution >= 0.6 is 0 Å². The predicted molar refractivity (Wildman–Crippen MR) is 113 cm³/mol. The summed E-state index contributed by atoms with van der Waals surface area (Å²) >= 11 is 0. The standard InChI is InChI=1S/C23H35N3O2/c1-19(2)22(27)26-11-9-23(10-12-26)18-21(8-17-28-23)25-15-13-24(14-16-25)20-6-4-3-5-7-20/h3-7,19,21H,8-18H2,1-2H3. The van der Waals surface area contributed by atoms with Crippen molar-refractivity contribution < 1.29 is 9.53 Å². The number of rotatable bonds is 3. The lowest BCUT2D eigenvalue weighted by Gasteiger charge is -2.50. The third-order valence-corrected chi connectivity index (χ3v) is 6.90. The van der Waals surface area contributed by atoms with Crippen LogP contribution in [0.3, 0.4) is 0 Å². The maximum absolute atomic E-state index is 12.3. The highest BCUT2D eigenvalue weighted by Crippen LogP contribution is 2.37. The molecule has 3 heterocycles. The highest BCUT2D eigenvalue weighted by molar-refractivity contribution is 5.78. The van der Waals surface area contributed by atoms with Crippen molar-refractivity contribution in [1.82, 2.24) is 9.80 Å². The van der Waals surface area contributed by atoms with Crippen LogP contribution in [0.2, 0.25) is 0 Å². The first-order chi connectivity index (χ1) is 13.6.